The summed E-state index contributed by atoms with van der Waals surface area (Å²) in [4.78, 5) is 20.9. The first-order valence-electron chi connectivity index (χ1n) is 6.55. The zero-order valence-corrected chi connectivity index (χ0v) is 12.8. The van der Waals surface area contributed by atoms with E-state index in [9.17, 15) is 4.79 Å². The number of ether oxygens (including phenoxy) is 1. The Hall–Kier alpha value is -1.71. The highest BCUT2D eigenvalue weighted by molar-refractivity contribution is 7.23. The molecule has 3 heterocycles. The molecule has 0 saturated carbocycles. The first-order chi connectivity index (χ1) is 10.2. The van der Waals surface area contributed by atoms with Gasteiger partial charge >= 0.3 is 6.03 Å². The molecule has 0 bridgehead atoms. The molecular formula is C12H15N5O2S2. The molecule has 0 spiro atoms. The van der Waals surface area contributed by atoms with Crippen LogP contribution in [0.4, 0.5) is 15.7 Å². The summed E-state index contributed by atoms with van der Waals surface area (Å²) >= 11 is 2.80. The van der Waals surface area contributed by atoms with Crippen LogP contribution in [0.1, 0.15) is 12.8 Å². The summed E-state index contributed by atoms with van der Waals surface area (Å²) in [7, 11) is 0. The van der Waals surface area contributed by atoms with E-state index >= 15 is 0 Å². The molecule has 21 heavy (non-hydrogen) atoms. The SMILES string of the molecule is Nc1nc(NC(=O)NC[C@H]2CCCO2)sc1-c1nccs1. The van der Waals surface area contributed by atoms with Gasteiger partial charge in [-0.05, 0) is 12.8 Å². The van der Waals surface area contributed by atoms with Gasteiger partial charge in [-0.25, -0.2) is 14.8 Å². The van der Waals surface area contributed by atoms with Crippen molar-refractivity contribution in [2.75, 3.05) is 24.2 Å². The summed E-state index contributed by atoms with van der Waals surface area (Å²) in [6.07, 6.45) is 3.86. The number of nitrogens with zero attached hydrogens (tertiary/aromatic N) is 2. The summed E-state index contributed by atoms with van der Waals surface area (Å²) in [5, 5.41) is 8.60. The summed E-state index contributed by atoms with van der Waals surface area (Å²) in [5.41, 5.74) is 5.86. The first kappa shape index (κ1) is 14.2. The van der Waals surface area contributed by atoms with Crippen LogP contribution < -0.4 is 16.4 Å². The van der Waals surface area contributed by atoms with E-state index in [0.717, 1.165) is 29.3 Å². The van der Waals surface area contributed by atoms with Crippen LogP contribution in [0, 0.1) is 0 Å². The molecule has 0 aliphatic carbocycles. The van der Waals surface area contributed by atoms with Gasteiger partial charge in [0.1, 0.15) is 15.7 Å². The number of nitrogens with one attached hydrogen (secondary N) is 2. The number of thiazole rings is 2. The third-order valence-corrected chi connectivity index (χ3v) is 4.93. The highest BCUT2D eigenvalue weighted by Crippen LogP contribution is 2.35. The van der Waals surface area contributed by atoms with Crippen molar-refractivity contribution in [1.82, 2.24) is 15.3 Å². The second-order valence-electron chi connectivity index (χ2n) is 4.54. The van der Waals surface area contributed by atoms with Crippen molar-refractivity contribution in [2.45, 2.75) is 18.9 Å². The van der Waals surface area contributed by atoms with Crippen LogP contribution in [0.2, 0.25) is 0 Å². The highest BCUT2D eigenvalue weighted by atomic mass is 32.1. The number of urea groups is 1. The Morgan fingerprint density at radius 2 is 2.48 bits per heavy atom. The zero-order chi connectivity index (χ0) is 14.7. The second kappa shape index (κ2) is 6.37. The standard InChI is InChI=1S/C12H15N5O2S2/c13-9-8(10-14-3-5-20-10)21-12(16-9)17-11(18)15-6-7-2-1-4-19-7/h3,5,7H,1-2,4,6,13H2,(H2,15,16,17,18)/t7-/m1/s1. The van der Waals surface area contributed by atoms with Crippen LogP contribution in [-0.2, 0) is 4.74 Å². The average Bonchev–Trinajstić information content (AvgIpc) is 3.18. The third kappa shape index (κ3) is 3.49. The summed E-state index contributed by atoms with van der Waals surface area (Å²) < 4.78 is 5.44. The molecule has 3 rings (SSSR count). The number of nitrogens with two attached hydrogens (primary N) is 1. The Kier molecular flexibility index (Phi) is 4.32. The largest absolute Gasteiger partial charge is 0.382 e. The molecule has 1 aliphatic heterocycles. The van der Waals surface area contributed by atoms with Crippen molar-refractivity contribution in [3.63, 3.8) is 0 Å². The maximum Gasteiger partial charge on any atom is 0.321 e. The van der Waals surface area contributed by atoms with Gasteiger partial charge in [-0.2, -0.15) is 0 Å². The van der Waals surface area contributed by atoms with Gasteiger partial charge in [0.05, 0.1) is 6.10 Å². The second-order valence-corrected chi connectivity index (χ2v) is 6.43. The fourth-order valence-electron chi connectivity index (χ4n) is 2.03. The Labute approximate surface area is 129 Å². The maximum atomic E-state index is 11.8. The molecule has 4 N–H and O–H groups in total. The van der Waals surface area contributed by atoms with E-state index in [1.807, 2.05) is 5.38 Å². The third-order valence-electron chi connectivity index (χ3n) is 3.01. The summed E-state index contributed by atoms with van der Waals surface area (Å²) in [6.45, 7) is 1.28. The molecule has 0 radical (unpaired) electrons. The van der Waals surface area contributed by atoms with E-state index in [0.29, 0.717) is 17.5 Å². The lowest BCUT2D eigenvalue weighted by atomic mass is 10.2. The van der Waals surface area contributed by atoms with E-state index < -0.39 is 0 Å². The van der Waals surface area contributed by atoms with Crippen LogP contribution in [0.5, 0.6) is 0 Å². The minimum Gasteiger partial charge on any atom is -0.382 e. The van der Waals surface area contributed by atoms with E-state index in [-0.39, 0.29) is 12.1 Å². The molecule has 2 aromatic heterocycles. The van der Waals surface area contributed by atoms with E-state index in [2.05, 4.69) is 20.6 Å². The number of amides is 2. The molecule has 0 aromatic carbocycles. The van der Waals surface area contributed by atoms with Gasteiger partial charge < -0.3 is 15.8 Å². The molecule has 2 amide bonds. The molecule has 0 unspecified atom stereocenters. The topological polar surface area (TPSA) is 102 Å². The Bertz CT molecular complexity index is 607. The normalized spacial score (nSPS) is 17.8. The molecule has 1 aliphatic rings. The van der Waals surface area contributed by atoms with Gasteiger partial charge in [0.25, 0.3) is 0 Å². The number of hydrogen-bond donors (Lipinski definition) is 3. The Balaban J connectivity index is 1.57. The lowest BCUT2D eigenvalue weighted by Crippen LogP contribution is -2.34. The fraction of sp³-hybridized carbons (Fsp3) is 0.417. The van der Waals surface area contributed by atoms with Crippen molar-refractivity contribution in [1.29, 1.82) is 0 Å². The van der Waals surface area contributed by atoms with Gasteiger partial charge in [-0.3, -0.25) is 5.32 Å². The number of carbonyl (C=O) groups is 1. The highest BCUT2D eigenvalue weighted by Gasteiger charge is 2.17. The molecule has 9 heteroatoms. The summed E-state index contributed by atoms with van der Waals surface area (Å²) in [5.74, 6) is 0.379. The predicted octanol–water partition coefficient (Wildman–Crippen LogP) is 2.15. The van der Waals surface area contributed by atoms with Crippen molar-refractivity contribution in [3.8, 4) is 9.88 Å². The number of carbonyl (C=O) groups excluding carboxylic acids is 1. The zero-order valence-electron chi connectivity index (χ0n) is 11.2. The van der Waals surface area contributed by atoms with Crippen molar-refractivity contribution >= 4 is 39.7 Å². The van der Waals surface area contributed by atoms with Crippen LogP contribution in [0.15, 0.2) is 11.6 Å². The summed E-state index contributed by atoms with van der Waals surface area (Å²) in [6, 6.07) is -0.301. The first-order valence-corrected chi connectivity index (χ1v) is 8.24. The lowest BCUT2D eigenvalue weighted by molar-refractivity contribution is 0.112. The predicted molar refractivity (Wildman–Crippen MR) is 83.6 cm³/mol. The Morgan fingerprint density at radius 1 is 1.57 bits per heavy atom. The average molecular weight is 325 g/mol. The van der Waals surface area contributed by atoms with Crippen molar-refractivity contribution < 1.29 is 9.53 Å². The molecule has 7 nitrogen and oxygen atoms in total. The smallest absolute Gasteiger partial charge is 0.321 e. The number of hydrogen-bond acceptors (Lipinski definition) is 7. The number of anilines is 2. The maximum absolute atomic E-state index is 11.8. The minimum absolute atomic E-state index is 0.114. The molecule has 1 atom stereocenters. The van der Waals surface area contributed by atoms with Crippen molar-refractivity contribution in [2.24, 2.45) is 0 Å². The van der Waals surface area contributed by atoms with E-state index in [1.54, 1.807) is 6.20 Å². The van der Waals surface area contributed by atoms with Crippen LogP contribution in [0.25, 0.3) is 9.88 Å². The van der Waals surface area contributed by atoms with Crippen molar-refractivity contribution in [3.05, 3.63) is 11.6 Å². The molecule has 112 valence electrons. The van der Waals surface area contributed by atoms with Gasteiger partial charge in [-0.15, -0.1) is 11.3 Å². The van der Waals surface area contributed by atoms with Gasteiger partial charge in [0.15, 0.2) is 5.13 Å². The monoisotopic (exact) mass is 325 g/mol. The van der Waals surface area contributed by atoms with Crippen LogP contribution in [-0.4, -0.2) is 35.3 Å². The number of rotatable bonds is 4. The van der Waals surface area contributed by atoms with E-state index in [4.69, 9.17) is 10.5 Å². The van der Waals surface area contributed by atoms with Gasteiger partial charge in [0.2, 0.25) is 0 Å². The molecule has 1 fully saturated rings. The van der Waals surface area contributed by atoms with Gasteiger partial charge in [0, 0.05) is 24.7 Å². The molecule has 2 aromatic rings. The minimum atomic E-state index is -0.301. The van der Waals surface area contributed by atoms with E-state index in [1.165, 1.54) is 22.7 Å². The van der Waals surface area contributed by atoms with Gasteiger partial charge in [-0.1, -0.05) is 11.3 Å². The molecular weight excluding hydrogens is 310 g/mol. The molecule has 1 saturated heterocycles. The number of aromatic nitrogens is 2. The lowest BCUT2D eigenvalue weighted by Gasteiger charge is -2.10. The quantitative estimate of drug-likeness (QED) is 0.799. The van der Waals surface area contributed by atoms with Crippen LogP contribution >= 0.6 is 22.7 Å². The number of nitrogen functional groups attached to an aromatic ring is 1. The van der Waals surface area contributed by atoms with Crippen LogP contribution in [0.3, 0.4) is 0 Å². The fourth-order valence-corrected chi connectivity index (χ4v) is 3.65. The Morgan fingerprint density at radius 3 is 3.19 bits per heavy atom.